The van der Waals surface area contributed by atoms with Crippen molar-refractivity contribution in [1.29, 1.82) is 0 Å². The lowest BCUT2D eigenvalue weighted by atomic mass is 10.2. The lowest BCUT2D eigenvalue weighted by Crippen LogP contribution is -2.19. The summed E-state index contributed by atoms with van der Waals surface area (Å²) >= 11 is 6.06. The molecule has 1 atom stereocenters. The van der Waals surface area contributed by atoms with Crippen LogP contribution in [-0.2, 0) is 11.3 Å². The summed E-state index contributed by atoms with van der Waals surface area (Å²) in [6, 6.07) is 5.58. The van der Waals surface area contributed by atoms with Gasteiger partial charge in [0.2, 0.25) is 0 Å². The summed E-state index contributed by atoms with van der Waals surface area (Å²) in [5, 5.41) is 0.589. The monoisotopic (exact) mass is 243 g/mol. The zero-order valence-electron chi connectivity index (χ0n) is 9.70. The minimum absolute atomic E-state index is 0.0128. The molecular weight excluding hydrogens is 226 g/mol. The second kappa shape index (κ2) is 6.74. The first-order chi connectivity index (χ1) is 7.67. The van der Waals surface area contributed by atoms with Crippen molar-refractivity contribution in [3.8, 4) is 5.75 Å². The summed E-state index contributed by atoms with van der Waals surface area (Å²) in [5.74, 6) is 0.672. The van der Waals surface area contributed by atoms with Gasteiger partial charge in [-0.15, -0.1) is 0 Å². The van der Waals surface area contributed by atoms with E-state index in [2.05, 4.69) is 0 Å². The van der Waals surface area contributed by atoms with Crippen LogP contribution in [0.2, 0.25) is 5.02 Å². The first kappa shape index (κ1) is 13.3. The fraction of sp³-hybridized carbons (Fsp3) is 0.500. The van der Waals surface area contributed by atoms with Crippen molar-refractivity contribution in [2.45, 2.75) is 26.5 Å². The van der Waals surface area contributed by atoms with E-state index in [1.54, 1.807) is 0 Å². The molecule has 0 heterocycles. The van der Waals surface area contributed by atoms with E-state index in [9.17, 15) is 0 Å². The molecule has 0 aliphatic heterocycles. The van der Waals surface area contributed by atoms with Gasteiger partial charge >= 0.3 is 0 Å². The minimum Gasteiger partial charge on any atom is -0.487 e. The Bertz CT molecular complexity index is 331. The largest absolute Gasteiger partial charge is 0.487 e. The molecule has 1 aromatic carbocycles. The highest BCUT2D eigenvalue weighted by Gasteiger charge is 2.07. The minimum atomic E-state index is -0.0128. The summed E-state index contributed by atoms with van der Waals surface area (Å²) in [5.41, 5.74) is 6.51. The summed E-state index contributed by atoms with van der Waals surface area (Å²) < 4.78 is 10.9. The maximum Gasteiger partial charge on any atom is 0.138 e. The lowest BCUT2D eigenvalue weighted by molar-refractivity contribution is 0.0657. The van der Waals surface area contributed by atoms with E-state index in [4.69, 9.17) is 26.8 Å². The standard InChI is InChI=1S/C12H18ClNO2/c1-3-15-8-9(2)16-12-5-4-10(7-14)6-11(12)13/h4-6,9H,3,7-8,14H2,1-2H3. The van der Waals surface area contributed by atoms with Crippen LogP contribution >= 0.6 is 11.6 Å². The van der Waals surface area contributed by atoms with Crippen LogP contribution in [0.15, 0.2) is 18.2 Å². The van der Waals surface area contributed by atoms with Gasteiger partial charge < -0.3 is 15.2 Å². The molecule has 0 radical (unpaired) electrons. The molecule has 1 unspecified atom stereocenters. The van der Waals surface area contributed by atoms with Crippen LogP contribution in [0.1, 0.15) is 19.4 Å². The zero-order valence-corrected chi connectivity index (χ0v) is 10.5. The van der Waals surface area contributed by atoms with Crippen molar-refractivity contribution < 1.29 is 9.47 Å². The van der Waals surface area contributed by atoms with Crippen molar-refractivity contribution in [2.24, 2.45) is 5.73 Å². The quantitative estimate of drug-likeness (QED) is 0.835. The Kier molecular flexibility index (Phi) is 5.60. The van der Waals surface area contributed by atoms with Gasteiger partial charge in [0, 0.05) is 13.2 Å². The molecule has 0 aliphatic rings. The molecule has 1 rings (SSSR count). The molecule has 0 aliphatic carbocycles. The molecule has 0 spiro atoms. The molecule has 0 amide bonds. The van der Waals surface area contributed by atoms with E-state index in [1.807, 2.05) is 32.0 Å². The van der Waals surface area contributed by atoms with Crippen LogP contribution in [0.25, 0.3) is 0 Å². The van der Waals surface area contributed by atoms with E-state index in [-0.39, 0.29) is 6.10 Å². The number of nitrogens with two attached hydrogens (primary N) is 1. The normalized spacial score (nSPS) is 12.5. The Morgan fingerprint density at radius 1 is 1.44 bits per heavy atom. The van der Waals surface area contributed by atoms with E-state index >= 15 is 0 Å². The molecule has 0 fully saturated rings. The first-order valence-electron chi connectivity index (χ1n) is 5.40. The number of hydrogen-bond donors (Lipinski definition) is 1. The Morgan fingerprint density at radius 2 is 2.19 bits per heavy atom. The summed E-state index contributed by atoms with van der Waals surface area (Å²) in [6.07, 6.45) is -0.0128. The van der Waals surface area contributed by atoms with Gasteiger partial charge in [0.25, 0.3) is 0 Å². The Hall–Kier alpha value is -0.770. The fourth-order valence-corrected chi connectivity index (χ4v) is 1.55. The molecular formula is C12H18ClNO2. The van der Waals surface area contributed by atoms with Gasteiger partial charge in [-0.25, -0.2) is 0 Å². The number of hydrogen-bond acceptors (Lipinski definition) is 3. The van der Waals surface area contributed by atoms with Crippen molar-refractivity contribution in [3.05, 3.63) is 28.8 Å². The molecule has 3 nitrogen and oxygen atoms in total. The van der Waals surface area contributed by atoms with Gasteiger partial charge in [-0.1, -0.05) is 17.7 Å². The van der Waals surface area contributed by atoms with Crippen molar-refractivity contribution >= 4 is 11.6 Å². The Labute approximate surface area is 101 Å². The van der Waals surface area contributed by atoms with Crippen LogP contribution < -0.4 is 10.5 Å². The summed E-state index contributed by atoms with van der Waals surface area (Å²) in [7, 11) is 0. The maximum atomic E-state index is 6.06. The van der Waals surface area contributed by atoms with Crippen LogP contribution in [0, 0.1) is 0 Å². The van der Waals surface area contributed by atoms with Gasteiger partial charge in [0.1, 0.15) is 11.9 Å². The average molecular weight is 244 g/mol. The second-order valence-electron chi connectivity index (χ2n) is 3.56. The summed E-state index contributed by atoms with van der Waals surface area (Å²) in [4.78, 5) is 0. The van der Waals surface area contributed by atoms with Crippen molar-refractivity contribution in [1.82, 2.24) is 0 Å². The van der Waals surface area contributed by atoms with Gasteiger partial charge in [-0.05, 0) is 31.5 Å². The third-order valence-corrected chi connectivity index (χ3v) is 2.41. The number of ether oxygens (including phenoxy) is 2. The molecule has 0 saturated carbocycles. The molecule has 0 aromatic heterocycles. The highest BCUT2D eigenvalue weighted by atomic mass is 35.5. The van der Waals surface area contributed by atoms with Crippen molar-refractivity contribution in [2.75, 3.05) is 13.2 Å². The third-order valence-electron chi connectivity index (χ3n) is 2.12. The molecule has 90 valence electrons. The van der Waals surface area contributed by atoms with E-state index < -0.39 is 0 Å². The summed E-state index contributed by atoms with van der Waals surface area (Å²) in [6.45, 7) is 5.63. The maximum absolute atomic E-state index is 6.06. The SMILES string of the molecule is CCOCC(C)Oc1ccc(CN)cc1Cl. The van der Waals surface area contributed by atoms with E-state index in [0.717, 1.165) is 5.56 Å². The number of rotatable bonds is 6. The predicted octanol–water partition coefficient (Wildman–Crippen LogP) is 2.60. The Morgan fingerprint density at radius 3 is 2.75 bits per heavy atom. The predicted molar refractivity (Wildman–Crippen MR) is 65.9 cm³/mol. The van der Waals surface area contributed by atoms with Crippen LogP contribution in [0.3, 0.4) is 0 Å². The zero-order chi connectivity index (χ0) is 12.0. The Balaban J connectivity index is 2.59. The van der Waals surface area contributed by atoms with Gasteiger partial charge in [0.15, 0.2) is 0 Å². The van der Waals surface area contributed by atoms with E-state index in [1.165, 1.54) is 0 Å². The molecule has 16 heavy (non-hydrogen) atoms. The number of halogens is 1. The smallest absolute Gasteiger partial charge is 0.138 e. The lowest BCUT2D eigenvalue weighted by Gasteiger charge is -2.15. The van der Waals surface area contributed by atoms with Crippen LogP contribution in [0.5, 0.6) is 5.75 Å². The molecule has 0 bridgehead atoms. The second-order valence-corrected chi connectivity index (χ2v) is 3.96. The number of benzene rings is 1. The van der Waals surface area contributed by atoms with Gasteiger partial charge in [-0.3, -0.25) is 0 Å². The third kappa shape index (κ3) is 4.00. The molecule has 0 saturated heterocycles. The van der Waals surface area contributed by atoms with Crippen LogP contribution in [-0.4, -0.2) is 19.3 Å². The van der Waals surface area contributed by atoms with Gasteiger partial charge in [-0.2, -0.15) is 0 Å². The molecule has 2 N–H and O–H groups in total. The molecule has 1 aromatic rings. The van der Waals surface area contributed by atoms with Gasteiger partial charge in [0.05, 0.1) is 11.6 Å². The highest BCUT2D eigenvalue weighted by molar-refractivity contribution is 6.32. The van der Waals surface area contributed by atoms with Crippen molar-refractivity contribution in [3.63, 3.8) is 0 Å². The average Bonchev–Trinajstić information content (AvgIpc) is 2.29. The molecule has 4 heteroatoms. The fourth-order valence-electron chi connectivity index (χ4n) is 1.30. The first-order valence-corrected chi connectivity index (χ1v) is 5.78. The highest BCUT2D eigenvalue weighted by Crippen LogP contribution is 2.26. The van der Waals surface area contributed by atoms with E-state index in [0.29, 0.717) is 30.5 Å². The topological polar surface area (TPSA) is 44.5 Å². The van der Waals surface area contributed by atoms with Crippen LogP contribution in [0.4, 0.5) is 0 Å².